The number of aryl methyl sites for hydroxylation is 1. The lowest BCUT2D eigenvalue weighted by Crippen LogP contribution is -2.04. The zero-order chi connectivity index (χ0) is 12.8. The van der Waals surface area contributed by atoms with E-state index in [0.29, 0.717) is 5.88 Å². The number of hydrogen-bond donors (Lipinski definition) is 1. The third kappa shape index (κ3) is 2.97. The highest BCUT2D eigenvalue weighted by atomic mass is 16.5. The summed E-state index contributed by atoms with van der Waals surface area (Å²) in [4.78, 5) is 8.13. The second-order valence-electron chi connectivity index (χ2n) is 3.92. The molecule has 2 rings (SSSR count). The van der Waals surface area contributed by atoms with Crippen LogP contribution in [0.15, 0.2) is 36.7 Å². The predicted octanol–water partition coefficient (Wildman–Crippen LogP) is 2.66. The Labute approximate surface area is 107 Å². The number of methoxy groups -OCH3 is 1. The Morgan fingerprint density at radius 1 is 1.17 bits per heavy atom. The molecule has 0 unspecified atom stereocenters. The first-order valence-electron chi connectivity index (χ1n) is 6.00. The minimum absolute atomic E-state index is 0.566. The second-order valence-corrected chi connectivity index (χ2v) is 3.92. The fourth-order valence-electron chi connectivity index (χ4n) is 1.81. The van der Waals surface area contributed by atoms with Gasteiger partial charge in [-0.1, -0.05) is 31.2 Å². The minimum Gasteiger partial charge on any atom is -0.481 e. The van der Waals surface area contributed by atoms with Gasteiger partial charge in [-0.05, 0) is 17.5 Å². The van der Waals surface area contributed by atoms with Crippen LogP contribution in [0.5, 0.6) is 5.88 Å². The molecule has 4 nitrogen and oxygen atoms in total. The van der Waals surface area contributed by atoms with Crippen LogP contribution >= 0.6 is 0 Å². The van der Waals surface area contributed by atoms with Crippen molar-refractivity contribution in [1.29, 1.82) is 0 Å². The summed E-state index contributed by atoms with van der Waals surface area (Å²) in [6.45, 7) is 2.91. The third-order valence-corrected chi connectivity index (χ3v) is 2.81. The zero-order valence-corrected chi connectivity index (χ0v) is 10.7. The second kappa shape index (κ2) is 6.00. The molecule has 0 aliphatic rings. The fraction of sp³-hybridized carbons (Fsp3) is 0.286. The van der Waals surface area contributed by atoms with Crippen LogP contribution in [-0.2, 0) is 13.0 Å². The van der Waals surface area contributed by atoms with Crippen molar-refractivity contribution < 1.29 is 4.74 Å². The maximum atomic E-state index is 5.06. The molecule has 0 amide bonds. The smallest absolute Gasteiger partial charge is 0.218 e. The predicted molar refractivity (Wildman–Crippen MR) is 71.7 cm³/mol. The summed E-state index contributed by atoms with van der Waals surface area (Å²) in [5.74, 6) is 1.34. The van der Waals surface area contributed by atoms with E-state index in [0.717, 1.165) is 18.8 Å². The Bertz CT molecular complexity index is 514. The Hall–Kier alpha value is -2.10. The minimum atomic E-state index is 0.566. The van der Waals surface area contributed by atoms with Gasteiger partial charge in [0, 0.05) is 12.6 Å². The average Bonchev–Trinajstić information content (AvgIpc) is 2.45. The summed E-state index contributed by atoms with van der Waals surface area (Å²) in [6, 6.07) is 10.2. The van der Waals surface area contributed by atoms with E-state index in [1.165, 1.54) is 17.5 Å². The van der Waals surface area contributed by atoms with Crippen LogP contribution in [0.4, 0.5) is 5.82 Å². The third-order valence-electron chi connectivity index (χ3n) is 2.81. The van der Waals surface area contributed by atoms with Gasteiger partial charge in [0.1, 0.15) is 12.1 Å². The molecule has 0 spiro atoms. The van der Waals surface area contributed by atoms with Gasteiger partial charge in [-0.15, -0.1) is 0 Å². The van der Waals surface area contributed by atoms with Gasteiger partial charge < -0.3 is 10.1 Å². The highest BCUT2D eigenvalue weighted by Gasteiger charge is 2.01. The first-order chi connectivity index (χ1) is 8.83. The topological polar surface area (TPSA) is 47.0 Å². The summed E-state index contributed by atoms with van der Waals surface area (Å²) in [7, 11) is 1.60. The lowest BCUT2D eigenvalue weighted by molar-refractivity contribution is 0.397. The van der Waals surface area contributed by atoms with Gasteiger partial charge in [0.05, 0.1) is 7.11 Å². The molecule has 0 saturated heterocycles. The molecule has 0 radical (unpaired) electrons. The van der Waals surface area contributed by atoms with E-state index in [2.05, 4.69) is 46.5 Å². The molecule has 18 heavy (non-hydrogen) atoms. The van der Waals surface area contributed by atoms with Crippen LogP contribution in [0.25, 0.3) is 0 Å². The molecule has 1 aromatic carbocycles. The normalized spacial score (nSPS) is 10.1. The van der Waals surface area contributed by atoms with Crippen LogP contribution in [0, 0.1) is 0 Å². The van der Waals surface area contributed by atoms with Crippen molar-refractivity contribution in [3.8, 4) is 5.88 Å². The van der Waals surface area contributed by atoms with Crippen LogP contribution in [0.1, 0.15) is 18.1 Å². The van der Waals surface area contributed by atoms with Gasteiger partial charge in [-0.3, -0.25) is 0 Å². The van der Waals surface area contributed by atoms with Gasteiger partial charge in [0.25, 0.3) is 0 Å². The highest BCUT2D eigenvalue weighted by Crippen LogP contribution is 2.14. The number of rotatable bonds is 5. The molecule has 0 saturated carbocycles. The molecular weight excluding hydrogens is 226 g/mol. The zero-order valence-electron chi connectivity index (χ0n) is 10.7. The molecular formula is C14H17N3O. The van der Waals surface area contributed by atoms with Crippen LogP contribution in [0.3, 0.4) is 0 Å². The average molecular weight is 243 g/mol. The van der Waals surface area contributed by atoms with E-state index in [-0.39, 0.29) is 0 Å². The Kier molecular flexibility index (Phi) is 4.12. The van der Waals surface area contributed by atoms with Crippen LogP contribution in [-0.4, -0.2) is 17.1 Å². The van der Waals surface area contributed by atoms with Crippen molar-refractivity contribution in [2.45, 2.75) is 19.9 Å². The molecule has 1 N–H and O–H groups in total. The number of anilines is 1. The van der Waals surface area contributed by atoms with Crippen molar-refractivity contribution in [2.75, 3.05) is 12.4 Å². The number of nitrogens with zero attached hydrogens (tertiary/aromatic N) is 2. The van der Waals surface area contributed by atoms with Crippen molar-refractivity contribution >= 4 is 5.82 Å². The van der Waals surface area contributed by atoms with E-state index in [9.17, 15) is 0 Å². The quantitative estimate of drug-likeness (QED) is 0.877. The van der Waals surface area contributed by atoms with E-state index >= 15 is 0 Å². The molecule has 1 heterocycles. The van der Waals surface area contributed by atoms with Gasteiger partial charge in [-0.25, -0.2) is 9.97 Å². The Balaban J connectivity index is 2.06. The van der Waals surface area contributed by atoms with Crippen LogP contribution in [0.2, 0.25) is 0 Å². The van der Waals surface area contributed by atoms with Crippen molar-refractivity contribution in [3.05, 3.63) is 47.8 Å². The maximum Gasteiger partial charge on any atom is 0.218 e. The SMILES string of the molecule is CCc1ccccc1CNc1cc(OC)ncn1. The number of hydrogen-bond acceptors (Lipinski definition) is 4. The van der Waals surface area contributed by atoms with E-state index in [1.807, 2.05) is 0 Å². The molecule has 94 valence electrons. The van der Waals surface area contributed by atoms with E-state index < -0.39 is 0 Å². The van der Waals surface area contributed by atoms with Crippen LogP contribution < -0.4 is 10.1 Å². The van der Waals surface area contributed by atoms with Gasteiger partial charge in [0.15, 0.2) is 0 Å². The van der Waals surface area contributed by atoms with Crippen molar-refractivity contribution in [2.24, 2.45) is 0 Å². The number of nitrogens with one attached hydrogen (secondary N) is 1. The molecule has 1 aromatic heterocycles. The molecule has 4 heteroatoms. The summed E-state index contributed by atoms with van der Waals surface area (Å²) < 4.78 is 5.06. The van der Waals surface area contributed by atoms with Gasteiger partial charge >= 0.3 is 0 Å². The molecule has 0 aliphatic carbocycles. The number of ether oxygens (including phenoxy) is 1. The molecule has 0 fully saturated rings. The molecule has 0 bridgehead atoms. The summed E-state index contributed by atoms with van der Waals surface area (Å²) in [5, 5.41) is 3.28. The highest BCUT2D eigenvalue weighted by molar-refractivity contribution is 5.39. The standard InChI is InChI=1S/C14H17N3O/c1-3-11-6-4-5-7-12(11)9-15-13-8-14(18-2)17-10-16-13/h4-8,10H,3,9H2,1-2H3,(H,15,16,17). The first-order valence-corrected chi connectivity index (χ1v) is 6.00. The van der Waals surface area contributed by atoms with Gasteiger partial charge in [0.2, 0.25) is 5.88 Å². The van der Waals surface area contributed by atoms with Crippen molar-refractivity contribution in [3.63, 3.8) is 0 Å². The summed E-state index contributed by atoms with van der Waals surface area (Å²) in [5.41, 5.74) is 2.64. The first kappa shape index (κ1) is 12.4. The largest absolute Gasteiger partial charge is 0.481 e. The monoisotopic (exact) mass is 243 g/mol. The molecule has 0 atom stereocenters. The Morgan fingerprint density at radius 3 is 2.67 bits per heavy atom. The lowest BCUT2D eigenvalue weighted by Gasteiger charge is -2.09. The molecule has 0 aliphatic heterocycles. The van der Waals surface area contributed by atoms with Crippen molar-refractivity contribution in [1.82, 2.24) is 9.97 Å². The van der Waals surface area contributed by atoms with E-state index in [1.54, 1.807) is 13.2 Å². The lowest BCUT2D eigenvalue weighted by atomic mass is 10.1. The van der Waals surface area contributed by atoms with E-state index in [4.69, 9.17) is 4.74 Å². The molecule has 2 aromatic rings. The number of aromatic nitrogens is 2. The summed E-state index contributed by atoms with van der Waals surface area (Å²) in [6.07, 6.45) is 2.53. The Morgan fingerprint density at radius 2 is 1.94 bits per heavy atom. The fourth-order valence-corrected chi connectivity index (χ4v) is 1.81. The number of benzene rings is 1. The summed E-state index contributed by atoms with van der Waals surface area (Å²) >= 11 is 0. The maximum absolute atomic E-state index is 5.06. The van der Waals surface area contributed by atoms with Gasteiger partial charge in [-0.2, -0.15) is 0 Å².